The second-order valence-corrected chi connectivity index (χ2v) is 10.2. The van der Waals surface area contributed by atoms with Crippen LogP contribution in [-0.4, -0.2) is 27.8 Å². The zero-order valence-electron chi connectivity index (χ0n) is 25.6. The van der Waals surface area contributed by atoms with Crippen molar-refractivity contribution in [3.63, 3.8) is 0 Å². The van der Waals surface area contributed by atoms with Gasteiger partial charge in [-0.3, -0.25) is 4.79 Å². The van der Waals surface area contributed by atoms with Crippen molar-refractivity contribution in [3.05, 3.63) is 94.5 Å². The molecule has 0 atom stereocenters. The molecule has 3 aromatic carbocycles. The number of Topliss-reactive ketones (excluding diaryl/α,β-unsaturated/α-hetero) is 1. The summed E-state index contributed by atoms with van der Waals surface area (Å²) in [4.78, 5) is 26.4. The lowest BCUT2D eigenvalue weighted by Gasteiger charge is -2.11. The molecule has 7 heteroatoms. The molecule has 218 valence electrons. The van der Waals surface area contributed by atoms with Gasteiger partial charge in [0.25, 0.3) is 0 Å². The van der Waals surface area contributed by atoms with Gasteiger partial charge in [0, 0.05) is 16.8 Å². The molecular weight excluding hydrogens is 540 g/mol. The zero-order valence-corrected chi connectivity index (χ0v) is 26.4. The van der Waals surface area contributed by atoms with Crippen molar-refractivity contribution in [2.75, 3.05) is 12.4 Å². The maximum atomic E-state index is 11.5. The number of methoxy groups -OCH3 is 1. The van der Waals surface area contributed by atoms with Gasteiger partial charge >= 0.3 is 0 Å². The van der Waals surface area contributed by atoms with E-state index in [1.54, 1.807) is 19.5 Å². The van der Waals surface area contributed by atoms with Gasteiger partial charge in [-0.15, -0.1) is 11.3 Å². The number of hydrogen-bond donors (Lipinski definition) is 1. The van der Waals surface area contributed by atoms with E-state index >= 15 is 0 Å². The molecule has 0 saturated carbocycles. The summed E-state index contributed by atoms with van der Waals surface area (Å²) in [6.07, 6.45) is 6.70. The SMILES string of the molecule is CC.CCCC.COc1ccc(Nc2nc(-c3cccc(/C=C/c4ccc(C(C)=O)cc4)c3)nc3scnc23)cc1C. The van der Waals surface area contributed by atoms with Gasteiger partial charge in [0.05, 0.1) is 12.6 Å². The van der Waals surface area contributed by atoms with Crippen LogP contribution in [0.5, 0.6) is 5.75 Å². The van der Waals surface area contributed by atoms with Crippen LogP contribution in [0.2, 0.25) is 0 Å². The van der Waals surface area contributed by atoms with Crippen LogP contribution in [0.15, 0.2) is 72.2 Å². The molecule has 0 fully saturated rings. The van der Waals surface area contributed by atoms with Crippen molar-refractivity contribution in [1.82, 2.24) is 15.0 Å². The van der Waals surface area contributed by atoms with Crippen LogP contribution in [-0.2, 0) is 0 Å². The predicted molar refractivity (Wildman–Crippen MR) is 179 cm³/mol. The quantitative estimate of drug-likeness (QED) is 0.145. The number of aryl methyl sites for hydroxylation is 1. The molecule has 2 heterocycles. The van der Waals surface area contributed by atoms with Gasteiger partial charge in [-0.1, -0.05) is 95.2 Å². The van der Waals surface area contributed by atoms with Crippen molar-refractivity contribution in [2.24, 2.45) is 0 Å². The number of hydrogen-bond acceptors (Lipinski definition) is 7. The van der Waals surface area contributed by atoms with Gasteiger partial charge in [-0.05, 0) is 54.8 Å². The summed E-state index contributed by atoms with van der Waals surface area (Å²) >= 11 is 1.48. The van der Waals surface area contributed by atoms with Gasteiger partial charge in [-0.2, -0.15) is 0 Å². The number of thiazole rings is 1. The molecule has 0 radical (unpaired) electrons. The second-order valence-electron chi connectivity index (χ2n) is 9.35. The first-order valence-electron chi connectivity index (χ1n) is 14.3. The van der Waals surface area contributed by atoms with Crippen molar-refractivity contribution in [3.8, 4) is 17.1 Å². The highest BCUT2D eigenvalue weighted by Gasteiger charge is 2.13. The van der Waals surface area contributed by atoms with Crippen LogP contribution in [0, 0.1) is 6.92 Å². The molecule has 5 aromatic rings. The smallest absolute Gasteiger partial charge is 0.163 e. The summed E-state index contributed by atoms with van der Waals surface area (Å²) in [5.41, 5.74) is 8.12. The monoisotopic (exact) mass is 580 g/mol. The Morgan fingerprint density at radius 1 is 0.929 bits per heavy atom. The highest BCUT2D eigenvalue weighted by molar-refractivity contribution is 7.16. The number of anilines is 2. The Kier molecular flexibility index (Phi) is 12.4. The Hall–Kier alpha value is -4.36. The van der Waals surface area contributed by atoms with Gasteiger partial charge in [0.1, 0.15) is 16.1 Å². The molecule has 6 nitrogen and oxygen atoms in total. The Morgan fingerprint density at radius 3 is 2.29 bits per heavy atom. The summed E-state index contributed by atoms with van der Waals surface area (Å²) in [7, 11) is 1.67. The number of ether oxygens (including phenoxy) is 1. The minimum absolute atomic E-state index is 0.0622. The lowest BCUT2D eigenvalue weighted by atomic mass is 10.1. The number of nitrogens with one attached hydrogen (secondary N) is 1. The average molecular weight is 581 g/mol. The average Bonchev–Trinajstić information content (AvgIpc) is 3.51. The van der Waals surface area contributed by atoms with Crippen molar-refractivity contribution >= 4 is 51.1 Å². The number of carbonyl (C=O) groups excluding carboxylic acids is 1. The number of carbonyl (C=O) groups is 1. The largest absolute Gasteiger partial charge is 0.496 e. The summed E-state index contributed by atoms with van der Waals surface area (Å²) in [6.45, 7) is 11.9. The number of unbranched alkanes of at least 4 members (excludes halogenated alkanes) is 1. The lowest BCUT2D eigenvalue weighted by Crippen LogP contribution is -1.99. The predicted octanol–water partition coefficient (Wildman–Crippen LogP) is 10.0. The summed E-state index contributed by atoms with van der Waals surface area (Å²) in [5, 5.41) is 3.41. The van der Waals surface area contributed by atoms with Crippen molar-refractivity contribution < 1.29 is 9.53 Å². The fourth-order valence-electron chi connectivity index (χ4n) is 3.87. The number of ketones is 1. The normalized spacial score (nSPS) is 10.5. The van der Waals surface area contributed by atoms with Gasteiger partial charge < -0.3 is 10.1 Å². The molecule has 1 N–H and O–H groups in total. The molecule has 0 spiro atoms. The number of fused-ring (bicyclic) bond motifs is 1. The third kappa shape index (κ3) is 8.57. The number of aromatic nitrogens is 3. The van der Waals surface area contributed by atoms with E-state index in [-0.39, 0.29) is 5.78 Å². The van der Waals surface area contributed by atoms with E-state index in [2.05, 4.69) is 30.2 Å². The number of nitrogens with zero attached hydrogens (tertiary/aromatic N) is 3. The highest BCUT2D eigenvalue weighted by atomic mass is 32.1. The van der Waals surface area contributed by atoms with Crippen LogP contribution in [0.1, 0.15) is 74.5 Å². The zero-order chi connectivity index (χ0) is 30.5. The third-order valence-corrected chi connectivity index (χ3v) is 7.00. The first-order valence-corrected chi connectivity index (χ1v) is 15.2. The van der Waals surface area contributed by atoms with Crippen LogP contribution in [0.4, 0.5) is 11.5 Å². The molecule has 0 saturated heterocycles. The number of rotatable bonds is 8. The fraction of sp³-hybridized carbons (Fsp3) is 0.257. The van der Waals surface area contributed by atoms with E-state index in [1.165, 1.54) is 24.2 Å². The maximum absolute atomic E-state index is 11.5. The molecule has 42 heavy (non-hydrogen) atoms. The minimum atomic E-state index is 0.0622. The van der Waals surface area contributed by atoms with Gasteiger partial charge in [-0.25, -0.2) is 15.0 Å². The standard InChI is InChI=1S/C29H24N4O2S.C4H10.C2H6/c1-18-15-24(13-14-25(18)35-3)31-28-26-29(36-17-30-26)33-27(32-28)23-6-4-5-21(16-23)8-7-20-9-11-22(12-10-20)19(2)34;1-3-4-2;1-2/h4-17H,1-3H3,(H,31,32,33);3-4H2,1-2H3;1-2H3/b8-7+;;. The summed E-state index contributed by atoms with van der Waals surface area (Å²) in [5.74, 6) is 2.18. The maximum Gasteiger partial charge on any atom is 0.163 e. The number of benzene rings is 3. The molecule has 0 bridgehead atoms. The van der Waals surface area contributed by atoms with Crippen LogP contribution in [0.3, 0.4) is 0 Å². The molecule has 0 aliphatic carbocycles. The topological polar surface area (TPSA) is 77.0 Å². The third-order valence-electron chi connectivity index (χ3n) is 6.29. The van der Waals surface area contributed by atoms with Gasteiger partial charge in [0.15, 0.2) is 17.4 Å². The van der Waals surface area contributed by atoms with Crippen molar-refractivity contribution in [1.29, 1.82) is 0 Å². The molecule has 2 aromatic heterocycles. The highest BCUT2D eigenvalue weighted by Crippen LogP contribution is 2.30. The van der Waals surface area contributed by atoms with Crippen molar-refractivity contribution in [2.45, 2.75) is 54.4 Å². The Bertz CT molecular complexity index is 1620. The van der Waals surface area contributed by atoms with E-state index in [0.29, 0.717) is 17.2 Å². The fourth-order valence-corrected chi connectivity index (χ4v) is 4.53. The lowest BCUT2D eigenvalue weighted by molar-refractivity contribution is 0.101. The molecule has 0 aliphatic rings. The van der Waals surface area contributed by atoms with E-state index in [0.717, 1.165) is 44.0 Å². The molecular formula is C35H40N4O2S. The van der Waals surface area contributed by atoms with Crippen LogP contribution < -0.4 is 10.1 Å². The van der Waals surface area contributed by atoms with Crippen LogP contribution in [0.25, 0.3) is 33.9 Å². The van der Waals surface area contributed by atoms with E-state index in [1.807, 2.05) is 93.6 Å². The first kappa shape index (κ1) is 32.2. The van der Waals surface area contributed by atoms with E-state index in [4.69, 9.17) is 14.7 Å². The van der Waals surface area contributed by atoms with Crippen LogP contribution >= 0.6 is 11.3 Å². The Morgan fingerprint density at radius 2 is 1.64 bits per heavy atom. The molecule has 0 aliphatic heterocycles. The van der Waals surface area contributed by atoms with Gasteiger partial charge in [0.2, 0.25) is 0 Å². The second kappa shape index (κ2) is 16.2. The summed E-state index contributed by atoms with van der Waals surface area (Å²) in [6, 6.07) is 21.6. The summed E-state index contributed by atoms with van der Waals surface area (Å²) < 4.78 is 5.38. The van der Waals surface area contributed by atoms with E-state index in [9.17, 15) is 4.79 Å². The first-order chi connectivity index (χ1) is 20.4. The van der Waals surface area contributed by atoms with E-state index < -0.39 is 0 Å². The molecule has 0 unspecified atom stereocenters. The molecule has 0 amide bonds. The Balaban J connectivity index is 0.000000745. The Labute approximate surface area is 253 Å². The molecule has 5 rings (SSSR count). The minimum Gasteiger partial charge on any atom is -0.496 e.